The van der Waals surface area contributed by atoms with Crippen molar-refractivity contribution in [2.45, 2.75) is 57.4 Å². The van der Waals surface area contributed by atoms with Crippen LogP contribution in [0, 0.1) is 0 Å². The van der Waals surface area contributed by atoms with Crippen molar-refractivity contribution in [3.63, 3.8) is 0 Å². The van der Waals surface area contributed by atoms with E-state index in [1.807, 2.05) is 0 Å². The Balaban J connectivity index is 0.00000288. The second kappa shape index (κ2) is 11.6. The number of benzene rings is 1. The highest BCUT2D eigenvalue weighted by molar-refractivity contribution is 14.0. The van der Waals surface area contributed by atoms with Crippen molar-refractivity contribution in [1.29, 1.82) is 0 Å². The van der Waals surface area contributed by atoms with Crippen molar-refractivity contribution in [3.05, 3.63) is 29.8 Å². The highest BCUT2D eigenvalue weighted by atomic mass is 127. The molecule has 0 bridgehead atoms. The zero-order chi connectivity index (χ0) is 16.5. The van der Waals surface area contributed by atoms with E-state index < -0.39 is 0 Å². The van der Waals surface area contributed by atoms with Crippen LogP contribution in [0.2, 0.25) is 0 Å². The Morgan fingerprint density at radius 1 is 1.12 bits per heavy atom. The number of hydrogen-bond acceptors (Lipinski definition) is 2. The lowest BCUT2D eigenvalue weighted by molar-refractivity contribution is 0.530. The molecular formula is C19H33IN4. The molecule has 0 heterocycles. The van der Waals surface area contributed by atoms with Gasteiger partial charge < -0.3 is 16.0 Å². The molecule has 0 aliphatic heterocycles. The molecular weight excluding hydrogens is 411 g/mol. The first-order valence-corrected chi connectivity index (χ1v) is 8.98. The van der Waals surface area contributed by atoms with Gasteiger partial charge in [-0.15, -0.1) is 24.0 Å². The Labute approximate surface area is 164 Å². The summed E-state index contributed by atoms with van der Waals surface area (Å²) < 4.78 is 0. The van der Waals surface area contributed by atoms with Gasteiger partial charge in [-0.2, -0.15) is 0 Å². The van der Waals surface area contributed by atoms with Gasteiger partial charge in [0.25, 0.3) is 0 Å². The summed E-state index contributed by atoms with van der Waals surface area (Å²) in [5.74, 6) is 0.625. The lowest BCUT2D eigenvalue weighted by atomic mass is 10.1. The van der Waals surface area contributed by atoms with Crippen molar-refractivity contribution in [3.8, 4) is 0 Å². The van der Waals surface area contributed by atoms with Crippen molar-refractivity contribution in [1.82, 2.24) is 5.32 Å². The first kappa shape index (κ1) is 21.1. The number of aliphatic imine (C=N–C) groups is 1. The van der Waals surface area contributed by atoms with Gasteiger partial charge in [0.1, 0.15) is 0 Å². The van der Waals surface area contributed by atoms with E-state index in [1.165, 1.54) is 49.8 Å². The number of aryl methyl sites for hydroxylation is 1. The fraction of sp³-hybridized carbons (Fsp3) is 0.632. The van der Waals surface area contributed by atoms with E-state index >= 15 is 0 Å². The summed E-state index contributed by atoms with van der Waals surface area (Å²) in [5, 5.41) is 3.40. The molecule has 24 heavy (non-hydrogen) atoms. The van der Waals surface area contributed by atoms with Crippen LogP contribution in [0.25, 0.3) is 0 Å². The van der Waals surface area contributed by atoms with E-state index in [-0.39, 0.29) is 24.0 Å². The second-order valence-corrected chi connectivity index (χ2v) is 6.76. The summed E-state index contributed by atoms with van der Waals surface area (Å²) in [5.41, 5.74) is 8.62. The third kappa shape index (κ3) is 7.73. The number of nitrogens with two attached hydrogens (primary N) is 1. The summed E-state index contributed by atoms with van der Waals surface area (Å²) in [6, 6.07) is 9.26. The monoisotopic (exact) mass is 444 g/mol. The molecule has 4 nitrogen and oxygen atoms in total. The molecule has 2 rings (SSSR count). The molecule has 0 unspecified atom stereocenters. The van der Waals surface area contributed by atoms with Gasteiger partial charge in [0, 0.05) is 32.4 Å². The highest BCUT2D eigenvalue weighted by Crippen LogP contribution is 2.17. The molecule has 136 valence electrons. The molecule has 0 radical (unpaired) electrons. The third-order valence-electron chi connectivity index (χ3n) is 4.57. The molecule has 3 N–H and O–H groups in total. The topological polar surface area (TPSA) is 53.6 Å². The van der Waals surface area contributed by atoms with Gasteiger partial charge in [-0.05, 0) is 43.4 Å². The Hall–Kier alpha value is -0.980. The predicted octanol–water partition coefficient (Wildman–Crippen LogP) is 3.93. The summed E-state index contributed by atoms with van der Waals surface area (Å²) >= 11 is 0. The minimum absolute atomic E-state index is 0. The molecule has 0 aromatic heterocycles. The van der Waals surface area contributed by atoms with E-state index in [9.17, 15) is 0 Å². The SMILES string of the molecule is CN(C)c1ccc(CCCN=C(N)NC2CCCCCC2)cc1.I. The lowest BCUT2D eigenvalue weighted by Crippen LogP contribution is -2.39. The van der Waals surface area contributed by atoms with Crippen LogP contribution in [-0.4, -0.2) is 32.6 Å². The number of nitrogens with zero attached hydrogens (tertiary/aromatic N) is 2. The van der Waals surface area contributed by atoms with Crippen LogP contribution in [0.4, 0.5) is 5.69 Å². The molecule has 5 heteroatoms. The molecule has 0 spiro atoms. The molecule has 1 aliphatic rings. The maximum Gasteiger partial charge on any atom is 0.188 e. The standard InChI is InChI=1S/C19H32N4.HI/c1-23(2)18-13-11-16(12-14-18)8-7-15-21-19(20)22-17-9-5-3-4-6-10-17;/h11-14,17H,3-10,15H2,1-2H3,(H3,20,21,22);1H. The lowest BCUT2D eigenvalue weighted by Gasteiger charge is -2.16. The number of hydrogen-bond donors (Lipinski definition) is 2. The second-order valence-electron chi connectivity index (χ2n) is 6.76. The average Bonchev–Trinajstić information content (AvgIpc) is 2.80. The Kier molecular flexibility index (Phi) is 10.1. The van der Waals surface area contributed by atoms with E-state index in [0.29, 0.717) is 12.0 Å². The number of nitrogens with one attached hydrogen (secondary N) is 1. The summed E-state index contributed by atoms with van der Waals surface area (Å²) in [6.45, 7) is 0.793. The van der Waals surface area contributed by atoms with Crippen LogP contribution >= 0.6 is 24.0 Å². The van der Waals surface area contributed by atoms with Gasteiger partial charge in [0.05, 0.1) is 0 Å². The molecule has 1 aromatic carbocycles. The Bertz CT molecular complexity index is 477. The van der Waals surface area contributed by atoms with Gasteiger partial charge in [-0.25, -0.2) is 0 Å². The number of rotatable bonds is 6. The van der Waals surface area contributed by atoms with Crippen LogP contribution in [0.1, 0.15) is 50.5 Å². The maximum atomic E-state index is 6.02. The smallest absolute Gasteiger partial charge is 0.188 e. The van der Waals surface area contributed by atoms with Gasteiger partial charge in [-0.1, -0.05) is 37.8 Å². The van der Waals surface area contributed by atoms with Crippen LogP contribution in [0.5, 0.6) is 0 Å². The summed E-state index contributed by atoms with van der Waals surface area (Å²) in [4.78, 5) is 6.60. The van der Waals surface area contributed by atoms with Crippen molar-refractivity contribution in [2.24, 2.45) is 10.7 Å². The highest BCUT2D eigenvalue weighted by Gasteiger charge is 2.11. The quantitative estimate of drug-likeness (QED) is 0.230. The van der Waals surface area contributed by atoms with Crippen LogP contribution in [0.3, 0.4) is 0 Å². The predicted molar refractivity (Wildman–Crippen MR) is 116 cm³/mol. The van der Waals surface area contributed by atoms with Crippen molar-refractivity contribution in [2.75, 3.05) is 25.5 Å². The fourth-order valence-electron chi connectivity index (χ4n) is 3.12. The molecule has 0 amide bonds. The van der Waals surface area contributed by atoms with Crippen LogP contribution in [0.15, 0.2) is 29.3 Å². The third-order valence-corrected chi connectivity index (χ3v) is 4.57. The normalized spacial score (nSPS) is 16.2. The van der Waals surface area contributed by atoms with Crippen molar-refractivity contribution < 1.29 is 0 Å². The Morgan fingerprint density at radius 3 is 2.33 bits per heavy atom. The zero-order valence-electron chi connectivity index (χ0n) is 15.1. The van der Waals surface area contributed by atoms with Gasteiger partial charge in [-0.3, -0.25) is 4.99 Å². The van der Waals surface area contributed by atoms with Crippen LogP contribution in [-0.2, 0) is 6.42 Å². The van der Waals surface area contributed by atoms with E-state index in [2.05, 4.69) is 53.6 Å². The number of guanidine groups is 1. The first-order chi connectivity index (χ1) is 11.1. The fourth-order valence-corrected chi connectivity index (χ4v) is 3.12. The molecule has 1 fully saturated rings. The van der Waals surface area contributed by atoms with E-state index in [1.54, 1.807) is 0 Å². The van der Waals surface area contributed by atoms with Gasteiger partial charge in [0.15, 0.2) is 5.96 Å². The molecule has 0 saturated heterocycles. The molecule has 1 aromatic rings. The maximum absolute atomic E-state index is 6.02. The van der Waals surface area contributed by atoms with Crippen LogP contribution < -0.4 is 16.0 Å². The summed E-state index contributed by atoms with van der Waals surface area (Å²) in [6.07, 6.45) is 9.90. The minimum Gasteiger partial charge on any atom is -0.378 e. The summed E-state index contributed by atoms with van der Waals surface area (Å²) in [7, 11) is 4.13. The van der Waals surface area contributed by atoms with Gasteiger partial charge >= 0.3 is 0 Å². The largest absolute Gasteiger partial charge is 0.378 e. The van der Waals surface area contributed by atoms with E-state index in [4.69, 9.17) is 5.73 Å². The average molecular weight is 444 g/mol. The Morgan fingerprint density at radius 2 is 1.75 bits per heavy atom. The number of anilines is 1. The zero-order valence-corrected chi connectivity index (χ0v) is 17.5. The van der Waals surface area contributed by atoms with Crippen molar-refractivity contribution >= 4 is 35.6 Å². The number of halogens is 1. The molecule has 0 atom stereocenters. The minimum atomic E-state index is 0. The van der Waals surface area contributed by atoms with E-state index in [0.717, 1.165) is 19.4 Å². The first-order valence-electron chi connectivity index (χ1n) is 8.98. The molecule has 1 saturated carbocycles. The van der Waals surface area contributed by atoms with Gasteiger partial charge in [0.2, 0.25) is 0 Å². The molecule has 1 aliphatic carbocycles.